The van der Waals surface area contributed by atoms with E-state index in [0.717, 1.165) is 6.26 Å². The standard InChI is InChI=1S/C9H11NO3S/c1-6-5-7(14(2,12)13)3-4-8(6)9(10)11/h3-5H,1-2H3,(H2,10,11). The molecular formula is C9H11NO3S. The molecule has 0 fully saturated rings. The predicted molar refractivity (Wildman–Crippen MR) is 52.8 cm³/mol. The Morgan fingerprint density at radius 2 is 1.93 bits per heavy atom. The van der Waals surface area contributed by atoms with Gasteiger partial charge in [-0.3, -0.25) is 4.79 Å². The summed E-state index contributed by atoms with van der Waals surface area (Å²) in [6.07, 6.45) is 1.12. The van der Waals surface area contributed by atoms with Crippen LogP contribution in [0.3, 0.4) is 0 Å². The van der Waals surface area contributed by atoms with E-state index in [0.29, 0.717) is 11.1 Å². The molecule has 0 radical (unpaired) electrons. The summed E-state index contributed by atoms with van der Waals surface area (Å²) in [5.74, 6) is -0.553. The maximum atomic E-state index is 11.2. The number of carbonyl (C=O) groups is 1. The number of amides is 1. The van der Waals surface area contributed by atoms with Crippen LogP contribution in [0, 0.1) is 6.92 Å². The Morgan fingerprint density at radius 1 is 1.36 bits per heavy atom. The van der Waals surface area contributed by atoms with Gasteiger partial charge in [-0.2, -0.15) is 0 Å². The molecule has 76 valence electrons. The molecule has 0 aliphatic carbocycles. The fraction of sp³-hybridized carbons (Fsp3) is 0.222. The number of sulfone groups is 1. The first-order chi connectivity index (χ1) is 6.32. The number of primary amides is 1. The van der Waals surface area contributed by atoms with Gasteiger partial charge in [0.05, 0.1) is 4.90 Å². The average Bonchev–Trinajstić information content (AvgIpc) is 2.01. The zero-order chi connectivity index (χ0) is 10.9. The molecule has 0 bridgehead atoms. The number of carbonyl (C=O) groups excluding carboxylic acids is 1. The Balaban J connectivity index is 3.34. The molecule has 0 aromatic heterocycles. The van der Waals surface area contributed by atoms with Crippen LogP contribution in [-0.4, -0.2) is 20.6 Å². The zero-order valence-corrected chi connectivity index (χ0v) is 8.76. The highest BCUT2D eigenvalue weighted by Crippen LogP contribution is 2.14. The molecule has 5 heteroatoms. The van der Waals surface area contributed by atoms with Gasteiger partial charge in [-0.25, -0.2) is 8.42 Å². The lowest BCUT2D eigenvalue weighted by molar-refractivity contribution is 0.0999. The molecule has 0 saturated heterocycles. The lowest BCUT2D eigenvalue weighted by atomic mass is 10.1. The number of benzene rings is 1. The highest BCUT2D eigenvalue weighted by molar-refractivity contribution is 7.90. The largest absolute Gasteiger partial charge is 0.366 e. The Labute approximate surface area is 82.7 Å². The van der Waals surface area contributed by atoms with E-state index in [9.17, 15) is 13.2 Å². The van der Waals surface area contributed by atoms with Crippen molar-refractivity contribution in [3.8, 4) is 0 Å². The lowest BCUT2D eigenvalue weighted by Gasteiger charge is -2.03. The first-order valence-corrected chi connectivity index (χ1v) is 5.82. The van der Waals surface area contributed by atoms with Crippen LogP contribution in [0.5, 0.6) is 0 Å². The van der Waals surface area contributed by atoms with Crippen LogP contribution in [0.2, 0.25) is 0 Å². The van der Waals surface area contributed by atoms with E-state index in [-0.39, 0.29) is 4.90 Å². The van der Waals surface area contributed by atoms with Crippen molar-refractivity contribution in [2.75, 3.05) is 6.26 Å². The van der Waals surface area contributed by atoms with Crippen molar-refractivity contribution in [3.05, 3.63) is 29.3 Å². The normalized spacial score (nSPS) is 11.3. The molecule has 0 spiro atoms. The second-order valence-electron chi connectivity index (χ2n) is 3.11. The Bertz CT molecular complexity index is 477. The molecule has 0 atom stereocenters. The fourth-order valence-corrected chi connectivity index (χ4v) is 1.85. The van der Waals surface area contributed by atoms with E-state index in [2.05, 4.69) is 0 Å². The van der Waals surface area contributed by atoms with Crippen molar-refractivity contribution in [1.82, 2.24) is 0 Å². The molecule has 0 aliphatic rings. The van der Waals surface area contributed by atoms with E-state index in [1.165, 1.54) is 18.2 Å². The predicted octanol–water partition coefficient (Wildman–Crippen LogP) is 0.497. The Morgan fingerprint density at radius 3 is 2.29 bits per heavy atom. The summed E-state index contributed by atoms with van der Waals surface area (Å²) in [5.41, 5.74) is 6.00. The molecule has 2 N–H and O–H groups in total. The van der Waals surface area contributed by atoms with Crippen LogP contribution in [0.15, 0.2) is 23.1 Å². The minimum atomic E-state index is -3.22. The van der Waals surface area contributed by atoms with Gasteiger partial charge in [-0.15, -0.1) is 0 Å². The maximum Gasteiger partial charge on any atom is 0.248 e. The molecule has 1 amide bonds. The van der Waals surface area contributed by atoms with Crippen molar-refractivity contribution in [3.63, 3.8) is 0 Å². The van der Waals surface area contributed by atoms with E-state index in [1.54, 1.807) is 6.92 Å². The quantitative estimate of drug-likeness (QED) is 0.777. The summed E-state index contributed by atoms with van der Waals surface area (Å²) < 4.78 is 22.3. The molecule has 4 nitrogen and oxygen atoms in total. The number of nitrogens with two attached hydrogens (primary N) is 1. The Hall–Kier alpha value is -1.36. The van der Waals surface area contributed by atoms with Gasteiger partial charge in [0.1, 0.15) is 0 Å². The van der Waals surface area contributed by atoms with E-state index < -0.39 is 15.7 Å². The first kappa shape index (κ1) is 10.7. The third kappa shape index (κ3) is 2.11. The number of rotatable bonds is 2. The molecule has 1 rings (SSSR count). The highest BCUT2D eigenvalue weighted by atomic mass is 32.2. The highest BCUT2D eigenvalue weighted by Gasteiger charge is 2.10. The van der Waals surface area contributed by atoms with E-state index >= 15 is 0 Å². The van der Waals surface area contributed by atoms with Crippen molar-refractivity contribution in [2.24, 2.45) is 5.73 Å². The van der Waals surface area contributed by atoms with Gasteiger partial charge in [-0.05, 0) is 30.7 Å². The van der Waals surface area contributed by atoms with Gasteiger partial charge in [0.25, 0.3) is 0 Å². The smallest absolute Gasteiger partial charge is 0.248 e. The van der Waals surface area contributed by atoms with Gasteiger partial charge in [0.15, 0.2) is 9.84 Å². The molecular weight excluding hydrogens is 202 g/mol. The second-order valence-corrected chi connectivity index (χ2v) is 5.13. The molecule has 0 saturated carbocycles. The number of aryl methyl sites for hydroxylation is 1. The summed E-state index contributed by atoms with van der Waals surface area (Å²) in [4.78, 5) is 11.0. The molecule has 0 heterocycles. The second kappa shape index (κ2) is 3.42. The van der Waals surface area contributed by atoms with Gasteiger partial charge < -0.3 is 5.73 Å². The maximum absolute atomic E-state index is 11.2. The summed E-state index contributed by atoms with van der Waals surface area (Å²) in [5, 5.41) is 0. The third-order valence-corrected chi connectivity index (χ3v) is 3.00. The van der Waals surface area contributed by atoms with Crippen LogP contribution in [0.4, 0.5) is 0 Å². The molecule has 1 aromatic rings. The number of hydrogen-bond donors (Lipinski definition) is 1. The topological polar surface area (TPSA) is 77.2 Å². The lowest BCUT2D eigenvalue weighted by Crippen LogP contribution is -2.13. The summed E-state index contributed by atoms with van der Waals surface area (Å²) >= 11 is 0. The van der Waals surface area contributed by atoms with Crippen LogP contribution in [0.1, 0.15) is 15.9 Å². The van der Waals surface area contributed by atoms with Gasteiger partial charge in [0.2, 0.25) is 5.91 Å². The third-order valence-electron chi connectivity index (χ3n) is 1.89. The van der Waals surface area contributed by atoms with E-state index in [4.69, 9.17) is 5.73 Å². The summed E-state index contributed by atoms with van der Waals surface area (Å²) in [6, 6.07) is 4.24. The fourth-order valence-electron chi connectivity index (χ4n) is 1.14. The van der Waals surface area contributed by atoms with Crippen molar-refractivity contribution < 1.29 is 13.2 Å². The molecule has 0 unspecified atom stereocenters. The summed E-state index contributed by atoms with van der Waals surface area (Å²) in [6.45, 7) is 1.65. The van der Waals surface area contributed by atoms with Gasteiger partial charge >= 0.3 is 0 Å². The van der Waals surface area contributed by atoms with Crippen LogP contribution < -0.4 is 5.73 Å². The summed E-state index contributed by atoms with van der Waals surface area (Å²) in [7, 11) is -3.22. The first-order valence-electron chi connectivity index (χ1n) is 3.93. The van der Waals surface area contributed by atoms with Crippen molar-refractivity contribution in [2.45, 2.75) is 11.8 Å². The monoisotopic (exact) mass is 213 g/mol. The van der Waals surface area contributed by atoms with E-state index in [1.807, 2.05) is 0 Å². The van der Waals surface area contributed by atoms with Crippen molar-refractivity contribution in [1.29, 1.82) is 0 Å². The molecule has 14 heavy (non-hydrogen) atoms. The number of hydrogen-bond acceptors (Lipinski definition) is 3. The SMILES string of the molecule is Cc1cc(S(C)(=O)=O)ccc1C(N)=O. The molecule has 1 aromatic carbocycles. The Kier molecular flexibility index (Phi) is 2.62. The van der Waals surface area contributed by atoms with Gasteiger partial charge in [-0.1, -0.05) is 0 Å². The van der Waals surface area contributed by atoms with Crippen LogP contribution >= 0.6 is 0 Å². The minimum absolute atomic E-state index is 0.194. The van der Waals surface area contributed by atoms with Gasteiger partial charge in [0, 0.05) is 11.8 Å². The molecule has 0 aliphatic heterocycles. The zero-order valence-electron chi connectivity index (χ0n) is 7.94. The average molecular weight is 213 g/mol. The van der Waals surface area contributed by atoms with Crippen molar-refractivity contribution >= 4 is 15.7 Å². The minimum Gasteiger partial charge on any atom is -0.366 e. The van der Waals surface area contributed by atoms with Crippen LogP contribution in [0.25, 0.3) is 0 Å². The van der Waals surface area contributed by atoms with Crippen LogP contribution in [-0.2, 0) is 9.84 Å².